The van der Waals surface area contributed by atoms with Crippen LogP contribution in [-0.4, -0.2) is 30.9 Å². The molecule has 1 aromatic carbocycles. The highest BCUT2D eigenvalue weighted by Crippen LogP contribution is 2.37. The molecule has 0 aliphatic heterocycles. The number of nitrogens with one attached hydrogen (secondary N) is 1. The Morgan fingerprint density at radius 1 is 1.29 bits per heavy atom. The molecule has 17 heavy (non-hydrogen) atoms. The molecule has 0 fully saturated rings. The smallest absolute Gasteiger partial charge is 0.143 e. The van der Waals surface area contributed by atoms with Crippen LogP contribution in [0.5, 0.6) is 11.5 Å². The van der Waals surface area contributed by atoms with Crippen molar-refractivity contribution in [3.63, 3.8) is 0 Å². The van der Waals surface area contributed by atoms with Gasteiger partial charge in [0.1, 0.15) is 11.5 Å². The number of aliphatic hydroxyl groups excluding tert-OH is 1. The van der Waals surface area contributed by atoms with Gasteiger partial charge in [-0.2, -0.15) is 0 Å². The summed E-state index contributed by atoms with van der Waals surface area (Å²) in [6.45, 7) is 0.160. The summed E-state index contributed by atoms with van der Waals surface area (Å²) in [5, 5.41) is 10.7. The van der Waals surface area contributed by atoms with E-state index in [2.05, 4.69) is 4.98 Å². The Kier molecular flexibility index (Phi) is 3.21. The maximum Gasteiger partial charge on any atom is 0.143 e. The molecule has 1 unspecified atom stereocenters. The monoisotopic (exact) mass is 236 g/mol. The van der Waals surface area contributed by atoms with Crippen LogP contribution in [0.1, 0.15) is 11.7 Å². The summed E-state index contributed by atoms with van der Waals surface area (Å²) in [6, 6.07) is 3.62. The average molecular weight is 236 g/mol. The Labute approximate surface area is 99.1 Å². The largest absolute Gasteiger partial charge is 0.496 e. The van der Waals surface area contributed by atoms with Crippen LogP contribution in [0.4, 0.5) is 0 Å². The molecule has 0 radical (unpaired) electrons. The topological polar surface area (TPSA) is 80.5 Å². The molecule has 2 rings (SSSR count). The molecule has 1 heterocycles. The number of aromatic amines is 1. The van der Waals surface area contributed by atoms with E-state index in [9.17, 15) is 5.11 Å². The molecular weight excluding hydrogens is 220 g/mol. The average Bonchev–Trinajstić information content (AvgIpc) is 2.81. The van der Waals surface area contributed by atoms with Gasteiger partial charge in [-0.3, -0.25) is 0 Å². The van der Waals surface area contributed by atoms with Crippen molar-refractivity contribution >= 4 is 10.9 Å². The quantitative estimate of drug-likeness (QED) is 0.744. The van der Waals surface area contributed by atoms with Gasteiger partial charge < -0.3 is 25.3 Å². The van der Waals surface area contributed by atoms with Gasteiger partial charge in [-0.05, 0) is 12.1 Å². The molecule has 0 saturated carbocycles. The van der Waals surface area contributed by atoms with E-state index < -0.39 is 6.10 Å². The molecule has 0 amide bonds. The number of fused-ring (bicyclic) bond motifs is 1. The lowest BCUT2D eigenvalue weighted by Gasteiger charge is -2.10. The van der Waals surface area contributed by atoms with Crippen molar-refractivity contribution in [2.75, 3.05) is 20.8 Å². The molecule has 92 valence electrons. The fourth-order valence-corrected chi connectivity index (χ4v) is 1.95. The van der Waals surface area contributed by atoms with Crippen molar-refractivity contribution in [3.05, 3.63) is 23.9 Å². The molecule has 0 spiro atoms. The first-order valence-electron chi connectivity index (χ1n) is 5.33. The minimum Gasteiger partial charge on any atom is -0.496 e. The van der Waals surface area contributed by atoms with Gasteiger partial charge in [0.15, 0.2) is 0 Å². The van der Waals surface area contributed by atoms with E-state index in [0.29, 0.717) is 11.5 Å². The summed E-state index contributed by atoms with van der Waals surface area (Å²) in [4.78, 5) is 3.08. The standard InChI is InChI=1S/C12H16N2O3/c1-16-9-3-4-10(17-2)12-11(9)7(6-14-12)8(15)5-13/h3-4,6,8,14-15H,5,13H2,1-2H3. The SMILES string of the molecule is COc1ccc(OC)c2c(C(O)CN)c[nH]c12. The molecule has 2 aromatic rings. The minimum absolute atomic E-state index is 0.160. The number of benzene rings is 1. The summed E-state index contributed by atoms with van der Waals surface area (Å²) < 4.78 is 10.5. The first-order chi connectivity index (χ1) is 8.22. The fraction of sp³-hybridized carbons (Fsp3) is 0.333. The minimum atomic E-state index is -0.718. The maximum absolute atomic E-state index is 9.86. The number of ether oxygens (including phenoxy) is 2. The van der Waals surface area contributed by atoms with Gasteiger partial charge in [-0.25, -0.2) is 0 Å². The zero-order chi connectivity index (χ0) is 12.4. The third kappa shape index (κ3) is 1.83. The Hall–Kier alpha value is -1.72. The van der Waals surface area contributed by atoms with Gasteiger partial charge in [0, 0.05) is 18.3 Å². The van der Waals surface area contributed by atoms with Gasteiger partial charge in [-0.15, -0.1) is 0 Å². The number of methoxy groups -OCH3 is 2. The fourth-order valence-electron chi connectivity index (χ4n) is 1.95. The molecule has 0 aliphatic carbocycles. The second-order valence-electron chi connectivity index (χ2n) is 3.72. The highest BCUT2D eigenvalue weighted by Gasteiger charge is 2.17. The molecule has 1 atom stereocenters. The number of hydrogen-bond donors (Lipinski definition) is 3. The van der Waals surface area contributed by atoms with Crippen LogP contribution < -0.4 is 15.2 Å². The maximum atomic E-state index is 9.86. The molecule has 5 nitrogen and oxygen atoms in total. The third-order valence-electron chi connectivity index (χ3n) is 2.81. The highest BCUT2D eigenvalue weighted by atomic mass is 16.5. The number of nitrogens with two attached hydrogens (primary N) is 1. The molecule has 0 saturated heterocycles. The second-order valence-corrected chi connectivity index (χ2v) is 3.72. The van der Waals surface area contributed by atoms with Crippen LogP contribution >= 0.6 is 0 Å². The lowest BCUT2D eigenvalue weighted by atomic mass is 10.1. The van der Waals surface area contributed by atoms with Crippen LogP contribution in [-0.2, 0) is 0 Å². The van der Waals surface area contributed by atoms with Gasteiger partial charge in [0.25, 0.3) is 0 Å². The first kappa shape index (κ1) is 11.8. The Morgan fingerprint density at radius 2 is 1.94 bits per heavy atom. The van der Waals surface area contributed by atoms with E-state index in [0.717, 1.165) is 16.5 Å². The van der Waals surface area contributed by atoms with Gasteiger partial charge >= 0.3 is 0 Å². The van der Waals surface area contributed by atoms with Crippen LogP contribution in [0.2, 0.25) is 0 Å². The zero-order valence-electron chi connectivity index (χ0n) is 9.86. The van der Waals surface area contributed by atoms with Gasteiger partial charge in [0.05, 0.1) is 31.2 Å². The third-order valence-corrected chi connectivity index (χ3v) is 2.81. The van der Waals surface area contributed by atoms with Crippen molar-refractivity contribution in [2.24, 2.45) is 5.73 Å². The van der Waals surface area contributed by atoms with Crippen molar-refractivity contribution in [1.29, 1.82) is 0 Å². The predicted molar refractivity (Wildman–Crippen MR) is 65.4 cm³/mol. The Balaban J connectivity index is 2.71. The van der Waals surface area contributed by atoms with E-state index in [1.807, 2.05) is 12.1 Å². The summed E-state index contributed by atoms with van der Waals surface area (Å²) in [7, 11) is 3.19. The van der Waals surface area contributed by atoms with Gasteiger partial charge in [0.2, 0.25) is 0 Å². The van der Waals surface area contributed by atoms with E-state index >= 15 is 0 Å². The normalized spacial score (nSPS) is 12.7. The highest BCUT2D eigenvalue weighted by molar-refractivity contribution is 5.94. The molecule has 0 aliphatic rings. The number of H-pyrrole nitrogens is 1. The summed E-state index contributed by atoms with van der Waals surface area (Å²) >= 11 is 0. The summed E-state index contributed by atoms with van der Waals surface area (Å²) in [5.41, 5.74) is 7.00. The van der Waals surface area contributed by atoms with Crippen molar-refractivity contribution in [2.45, 2.75) is 6.10 Å². The number of rotatable bonds is 4. The molecular formula is C12H16N2O3. The van der Waals surface area contributed by atoms with Crippen molar-refractivity contribution < 1.29 is 14.6 Å². The lowest BCUT2D eigenvalue weighted by Crippen LogP contribution is -2.11. The van der Waals surface area contributed by atoms with E-state index in [1.165, 1.54) is 0 Å². The van der Waals surface area contributed by atoms with Crippen LogP contribution in [0.3, 0.4) is 0 Å². The predicted octanol–water partition coefficient (Wildman–Crippen LogP) is 1.18. The first-order valence-corrected chi connectivity index (χ1v) is 5.33. The van der Waals surface area contributed by atoms with Crippen molar-refractivity contribution in [1.82, 2.24) is 4.98 Å². The second kappa shape index (κ2) is 4.65. The van der Waals surface area contributed by atoms with Crippen LogP contribution in [0, 0.1) is 0 Å². The summed E-state index contributed by atoms with van der Waals surface area (Å²) in [5.74, 6) is 1.39. The molecule has 1 aromatic heterocycles. The Morgan fingerprint density at radius 3 is 2.53 bits per heavy atom. The van der Waals surface area contributed by atoms with E-state index in [4.69, 9.17) is 15.2 Å². The number of aromatic nitrogens is 1. The van der Waals surface area contributed by atoms with E-state index in [1.54, 1.807) is 20.4 Å². The van der Waals surface area contributed by atoms with Crippen LogP contribution in [0.15, 0.2) is 18.3 Å². The number of aliphatic hydroxyl groups is 1. The number of hydrogen-bond acceptors (Lipinski definition) is 4. The lowest BCUT2D eigenvalue weighted by molar-refractivity contribution is 0.188. The molecule has 0 bridgehead atoms. The molecule has 4 N–H and O–H groups in total. The molecule has 5 heteroatoms. The van der Waals surface area contributed by atoms with Crippen LogP contribution in [0.25, 0.3) is 10.9 Å². The van der Waals surface area contributed by atoms with Crippen molar-refractivity contribution in [3.8, 4) is 11.5 Å². The zero-order valence-corrected chi connectivity index (χ0v) is 9.86. The summed E-state index contributed by atoms with van der Waals surface area (Å²) in [6.07, 6.45) is 1.01. The van der Waals surface area contributed by atoms with Gasteiger partial charge in [-0.1, -0.05) is 0 Å². The van der Waals surface area contributed by atoms with E-state index in [-0.39, 0.29) is 6.54 Å². The Bertz CT molecular complexity index is 522.